The number of hydrogen-bond acceptors (Lipinski definition) is 2. The van der Waals surface area contributed by atoms with Gasteiger partial charge < -0.3 is 10.4 Å². The van der Waals surface area contributed by atoms with Crippen LogP contribution in [-0.4, -0.2) is 23.5 Å². The van der Waals surface area contributed by atoms with Gasteiger partial charge in [-0.15, -0.1) is 0 Å². The maximum absolute atomic E-state index is 11.9. The van der Waals surface area contributed by atoms with Gasteiger partial charge in [-0.05, 0) is 43.1 Å². The van der Waals surface area contributed by atoms with E-state index in [1.165, 1.54) is 5.56 Å². The predicted octanol–water partition coefficient (Wildman–Crippen LogP) is 2.16. The van der Waals surface area contributed by atoms with Crippen LogP contribution in [0.3, 0.4) is 0 Å². The molecule has 0 aliphatic heterocycles. The van der Waals surface area contributed by atoms with Crippen LogP contribution in [-0.2, 0) is 9.59 Å². The van der Waals surface area contributed by atoms with E-state index in [2.05, 4.69) is 17.4 Å². The molecule has 2 aliphatic rings. The lowest BCUT2D eigenvalue weighted by Gasteiger charge is -2.36. The van der Waals surface area contributed by atoms with E-state index in [9.17, 15) is 9.59 Å². The van der Waals surface area contributed by atoms with Gasteiger partial charge in [0.25, 0.3) is 0 Å². The molecule has 0 saturated heterocycles. The smallest absolute Gasteiger partial charge is 0.319 e. The minimum absolute atomic E-state index is 0.298. The number of amides is 1. The van der Waals surface area contributed by atoms with Gasteiger partial charge in [-0.2, -0.15) is 0 Å². The summed E-state index contributed by atoms with van der Waals surface area (Å²) in [5, 5.41) is 11.9. The minimum atomic E-state index is -1.11. The third-order valence-electron chi connectivity index (χ3n) is 4.65. The van der Waals surface area contributed by atoms with Gasteiger partial charge in [0, 0.05) is 6.54 Å². The second-order valence-corrected chi connectivity index (χ2v) is 6.04. The molecule has 4 heteroatoms. The molecule has 20 heavy (non-hydrogen) atoms. The Morgan fingerprint density at radius 2 is 1.85 bits per heavy atom. The molecule has 1 amide bonds. The molecule has 0 unspecified atom stereocenters. The molecule has 1 aromatic carbocycles. The first kappa shape index (κ1) is 13.2. The maximum Gasteiger partial charge on any atom is 0.319 e. The molecule has 1 aromatic rings. The summed E-state index contributed by atoms with van der Waals surface area (Å²) in [6.07, 6.45) is 3.10. The second kappa shape index (κ2) is 4.93. The molecule has 2 saturated carbocycles. The summed E-state index contributed by atoms with van der Waals surface area (Å²) < 4.78 is 0. The highest BCUT2D eigenvalue weighted by Crippen LogP contribution is 2.46. The number of carbonyl (C=O) groups excluding carboxylic acids is 1. The van der Waals surface area contributed by atoms with E-state index in [4.69, 9.17) is 5.11 Å². The number of nitrogens with one attached hydrogen (secondary N) is 1. The van der Waals surface area contributed by atoms with Gasteiger partial charge in [0.2, 0.25) is 5.91 Å². The SMILES string of the molecule is O=C(O)C1(C(=O)NCC2CC(c3ccccc3)C2)CC1. The second-order valence-electron chi connectivity index (χ2n) is 6.04. The Morgan fingerprint density at radius 1 is 1.20 bits per heavy atom. The van der Waals surface area contributed by atoms with Gasteiger partial charge in [-0.3, -0.25) is 9.59 Å². The zero-order valence-electron chi connectivity index (χ0n) is 11.3. The molecule has 3 rings (SSSR count). The summed E-state index contributed by atoms with van der Waals surface area (Å²) in [6, 6.07) is 10.4. The van der Waals surface area contributed by atoms with E-state index < -0.39 is 11.4 Å². The van der Waals surface area contributed by atoms with Crippen molar-refractivity contribution in [2.75, 3.05) is 6.54 Å². The van der Waals surface area contributed by atoms with Crippen LogP contribution >= 0.6 is 0 Å². The van der Waals surface area contributed by atoms with Crippen molar-refractivity contribution in [3.8, 4) is 0 Å². The van der Waals surface area contributed by atoms with Crippen LogP contribution in [0.4, 0.5) is 0 Å². The monoisotopic (exact) mass is 273 g/mol. The van der Waals surface area contributed by atoms with Crippen LogP contribution < -0.4 is 5.32 Å². The number of rotatable bonds is 5. The van der Waals surface area contributed by atoms with Crippen LogP contribution in [0.2, 0.25) is 0 Å². The van der Waals surface area contributed by atoms with E-state index in [1.54, 1.807) is 0 Å². The number of benzene rings is 1. The topological polar surface area (TPSA) is 66.4 Å². The molecule has 106 valence electrons. The number of carboxylic acid groups (broad SMARTS) is 1. The van der Waals surface area contributed by atoms with Crippen LogP contribution in [0.1, 0.15) is 37.2 Å². The zero-order valence-corrected chi connectivity index (χ0v) is 11.3. The van der Waals surface area contributed by atoms with Gasteiger partial charge in [0.15, 0.2) is 0 Å². The Kier molecular flexibility index (Phi) is 3.24. The van der Waals surface area contributed by atoms with E-state index in [1.807, 2.05) is 18.2 Å². The Hall–Kier alpha value is -1.84. The third-order valence-corrected chi connectivity index (χ3v) is 4.65. The van der Waals surface area contributed by atoms with Crippen molar-refractivity contribution in [1.29, 1.82) is 0 Å². The summed E-state index contributed by atoms with van der Waals surface area (Å²) in [5.74, 6) is -0.208. The van der Waals surface area contributed by atoms with Crippen LogP contribution in [0.25, 0.3) is 0 Å². The highest BCUT2D eigenvalue weighted by atomic mass is 16.4. The van der Waals surface area contributed by atoms with Gasteiger partial charge >= 0.3 is 5.97 Å². The molecule has 0 radical (unpaired) electrons. The molecule has 2 N–H and O–H groups in total. The van der Waals surface area contributed by atoms with Crippen LogP contribution in [0.5, 0.6) is 0 Å². The molecular formula is C16H19NO3. The fourth-order valence-electron chi connectivity index (χ4n) is 2.97. The average Bonchev–Trinajstić information content (AvgIpc) is 3.19. The first-order chi connectivity index (χ1) is 9.62. The van der Waals surface area contributed by atoms with Crippen molar-refractivity contribution >= 4 is 11.9 Å². The first-order valence-corrected chi connectivity index (χ1v) is 7.18. The van der Waals surface area contributed by atoms with Gasteiger partial charge in [0.05, 0.1) is 0 Å². The molecule has 0 atom stereocenters. The quantitative estimate of drug-likeness (QED) is 0.808. The number of hydrogen-bond donors (Lipinski definition) is 2. The van der Waals surface area contributed by atoms with Crippen LogP contribution in [0.15, 0.2) is 30.3 Å². The van der Waals surface area contributed by atoms with E-state index >= 15 is 0 Å². The zero-order chi connectivity index (χ0) is 14.2. The van der Waals surface area contributed by atoms with Crippen LogP contribution in [0, 0.1) is 11.3 Å². The van der Waals surface area contributed by atoms with Crippen molar-refractivity contribution in [2.45, 2.75) is 31.6 Å². The van der Waals surface area contributed by atoms with Gasteiger partial charge in [-0.25, -0.2) is 0 Å². The van der Waals surface area contributed by atoms with Crippen molar-refractivity contribution < 1.29 is 14.7 Å². The molecule has 0 spiro atoms. The lowest BCUT2D eigenvalue weighted by Crippen LogP contribution is -2.41. The normalized spacial score (nSPS) is 26.4. The molecule has 0 aromatic heterocycles. The van der Waals surface area contributed by atoms with Crippen molar-refractivity contribution in [3.63, 3.8) is 0 Å². The molecule has 4 nitrogen and oxygen atoms in total. The number of carbonyl (C=O) groups is 2. The third kappa shape index (κ3) is 2.30. The Balaban J connectivity index is 1.44. The molecule has 0 heterocycles. The maximum atomic E-state index is 11.9. The summed E-state index contributed by atoms with van der Waals surface area (Å²) in [5.41, 5.74) is 0.252. The van der Waals surface area contributed by atoms with E-state index in [0.29, 0.717) is 31.2 Å². The molecule has 0 bridgehead atoms. The number of aliphatic carboxylic acids is 1. The Labute approximate surface area is 118 Å². The fraction of sp³-hybridized carbons (Fsp3) is 0.500. The molecular weight excluding hydrogens is 254 g/mol. The summed E-state index contributed by atoms with van der Waals surface area (Å²) in [6.45, 7) is 0.608. The minimum Gasteiger partial charge on any atom is -0.480 e. The highest BCUT2D eigenvalue weighted by Gasteiger charge is 2.57. The highest BCUT2D eigenvalue weighted by molar-refractivity contribution is 6.04. The standard InChI is InChI=1S/C16H19NO3/c18-14(16(6-7-16)15(19)20)17-10-11-8-13(9-11)12-4-2-1-3-5-12/h1-5,11,13H,6-10H2,(H,17,18)(H,19,20). The van der Waals surface area contributed by atoms with Gasteiger partial charge in [-0.1, -0.05) is 30.3 Å². The van der Waals surface area contributed by atoms with Crippen molar-refractivity contribution in [2.24, 2.45) is 11.3 Å². The lowest BCUT2D eigenvalue weighted by molar-refractivity contribution is -0.149. The fourth-order valence-corrected chi connectivity index (χ4v) is 2.97. The van der Waals surface area contributed by atoms with E-state index in [0.717, 1.165) is 12.8 Å². The summed E-state index contributed by atoms with van der Waals surface area (Å²) in [4.78, 5) is 22.9. The van der Waals surface area contributed by atoms with Crippen molar-refractivity contribution in [3.05, 3.63) is 35.9 Å². The van der Waals surface area contributed by atoms with Gasteiger partial charge in [0.1, 0.15) is 5.41 Å². The number of carboxylic acids is 1. The first-order valence-electron chi connectivity index (χ1n) is 7.18. The Morgan fingerprint density at radius 3 is 2.40 bits per heavy atom. The average molecular weight is 273 g/mol. The largest absolute Gasteiger partial charge is 0.480 e. The Bertz CT molecular complexity index is 516. The summed E-state index contributed by atoms with van der Waals surface area (Å²) in [7, 11) is 0. The predicted molar refractivity (Wildman–Crippen MR) is 74.2 cm³/mol. The summed E-state index contributed by atoms with van der Waals surface area (Å²) >= 11 is 0. The lowest BCUT2D eigenvalue weighted by atomic mass is 9.71. The van der Waals surface area contributed by atoms with E-state index in [-0.39, 0.29) is 5.91 Å². The van der Waals surface area contributed by atoms with Crippen molar-refractivity contribution in [1.82, 2.24) is 5.32 Å². The molecule has 2 aliphatic carbocycles. The molecule has 2 fully saturated rings.